The minimum Gasteiger partial charge on any atom is -0.337 e. The number of hydrogen-bond acceptors (Lipinski definition) is 3. The number of rotatable bonds is 7. The molecule has 144 valence electrons. The van der Waals surface area contributed by atoms with E-state index < -0.39 is 0 Å². The summed E-state index contributed by atoms with van der Waals surface area (Å²) in [6.07, 6.45) is 11.4. The predicted molar refractivity (Wildman–Crippen MR) is 105 cm³/mol. The van der Waals surface area contributed by atoms with Crippen LogP contribution in [-0.4, -0.2) is 38.9 Å². The first-order valence-electron chi connectivity index (χ1n) is 9.84. The molecule has 1 aliphatic carbocycles. The van der Waals surface area contributed by atoms with E-state index in [0.29, 0.717) is 36.8 Å². The molecule has 0 saturated heterocycles. The number of imidazole rings is 1. The molecule has 1 aromatic heterocycles. The van der Waals surface area contributed by atoms with Crippen LogP contribution in [0.5, 0.6) is 0 Å². The summed E-state index contributed by atoms with van der Waals surface area (Å²) >= 11 is 0. The molecule has 6 nitrogen and oxygen atoms in total. The van der Waals surface area contributed by atoms with Crippen molar-refractivity contribution < 1.29 is 9.59 Å². The van der Waals surface area contributed by atoms with Gasteiger partial charge in [-0.15, -0.1) is 0 Å². The van der Waals surface area contributed by atoms with Crippen LogP contribution in [0.4, 0.5) is 5.69 Å². The van der Waals surface area contributed by atoms with Crippen LogP contribution in [0.15, 0.2) is 43.0 Å². The van der Waals surface area contributed by atoms with Gasteiger partial charge in [0.05, 0.1) is 6.33 Å². The molecule has 0 spiro atoms. The van der Waals surface area contributed by atoms with Crippen LogP contribution in [0.25, 0.3) is 0 Å². The lowest BCUT2D eigenvalue weighted by atomic mass is 9.93. The number of nitrogens with one attached hydrogen (secondary N) is 1. The highest BCUT2D eigenvalue weighted by atomic mass is 16.2. The lowest BCUT2D eigenvalue weighted by molar-refractivity contribution is -0.116. The molecule has 0 aliphatic heterocycles. The third-order valence-electron chi connectivity index (χ3n) is 5.17. The van der Waals surface area contributed by atoms with Gasteiger partial charge in [-0.05, 0) is 38.0 Å². The molecule has 1 aromatic carbocycles. The minimum absolute atomic E-state index is 0.0546. The molecule has 1 aliphatic rings. The summed E-state index contributed by atoms with van der Waals surface area (Å²) in [5, 5.41) is 2.89. The average Bonchev–Trinajstić information content (AvgIpc) is 3.22. The second-order valence-corrected chi connectivity index (χ2v) is 7.06. The summed E-state index contributed by atoms with van der Waals surface area (Å²) in [6, 6.07) is 7.60. The highest BCUT2D eigenvalue weighted by Crippen LogP contribution is 2.24. The molecule has 0 bridgehead atoms. The molecule has 0 atom stereocenters. The maximum absolute atomic E-state index is 13.0. The van der Waals surface area contributed by atoms with Gasteiger partial charge < -0.3 is 14.8 Å². The fraction of sp³-hybridized carbons (Fsp3) is 0.476. The second kappa shape index (κ2) is 9.35. The lowest BCUT2D eigenvalue weighted by Crippen LogP contribution is -2.41. The quantitative estimate of drug-likeness (QED) is 0.810. The molecule has 1 heterocycles. The highest BCUT2D eigenvalue weighted by molar-refractivity contribution is 5.97. The van der Waals surface area contributed by atoms with Crippen LogP contribution in [0.2, 0.25) is 0 Å². The van der Waals surface area contributed by atoms with E-state index in [2.05, 4.69) is 10.3 Å². The summed E-state index contributed by atoms with van der Waals surface area (Å²) in [4.78, 5) is 31.1. The van der Waals surface area contributed by atoms with Crippen molar-refractivity contribution in [3.63, 3.8) is 0 Å². The number of aryl methyl sites for hydroxylation is 1. The first-order chi connectivity index (χ1) is 13.2. The zero-order valence-corrected chi connectivity index (χ0v) is 15.9. The standard InChI is InChI=1S/C21H28N4O2/c1-2-25(19-9-4-3-5-10-19)21(27)17-7-6-8-18(15-17)23-20(26)11-13-24-14-12-22-16-24/h6-8,12,14-16,19H,2-5,9-11,13H2,1H3,(H,23,26). The zero-order chi connectivity index (χ0) is 19.1. The Morgan fingerprint density at radius 1 is 1.26 bits per heavy atom. The molecule has 2 aromatic rings. The number of anilines is 1. The van der Waals surface area contributed by atoms with E-state index in [0.717, 1.165) is 12.8 Å². The molecule has 27 heavy (non-hydrogen) atoms. The predicted octanol–water partition coefficient (Wildman–Crippen LogP) is 3.71. The van der Waals surface area contributed by atoms with Gasteiger partial charge in [0.1, 0.15) is 0 Å². The highest BCUT2D eigenvalue weighted by Gasteiger charge is 2.25. The average molecular weight is 368 g/mol. The van der Waals surface area contributed by atoms with Crippen LogP contribution in [0.1, 0.15) is 55.8 Å². The van der Waals surface area contributed by atoms with Gasteiger partial charge in [0.15, 0.2) is 0 Å². The van der Waals surface area contributed by atoms with Gasteiger partial charge in [-0.1, -0.05) is 25.3 Å². The Kier molecular flexibility index (Phi) is 6.63. The summed E-state index contributed by atoms with van der Waals surface area (Å²) in [5.74, 6) is -0.0214. The Balaban J connectivity index is 1.61. The Morgan fingerprint density at radius 3 is 2.78 bits per heavy atom. The molecule has 1 N–H and O–H groups in total. The number of benzene rings is 1. The van der Waals surface area contributed by atoms with E-state index in [4.69, 9.17) is 0 Å². The number of carbonyl (C=O) groups excluding carboxylic acids is 2. The van der Waals surface area contributed by atoms with Gasteiger partial charge in [-0.3, -0.25) is 9.59 Å². The van der Waals surface area contributed by atoms with Crippen molar-refractivity contribution in [3.8, 4) is 0 Å². The first kappa shape index (κ1) is 19.1. The molecule has 1 fully saturated rings. The van der Waals surface area contributed by atoms with Crippen LogP contribution in [0.3, 0.4) is 0 Å². The molecular weight excluding hydrogens is 340 g/mol. The number of nitrogens with zero attached hydrogens (tertiary/aromatic N) is 3. The maximum atomic E-state index is 13.0. The van der Waals surface area contributed by atoms with Crippen molar-refractivity contribution in [1.29, 1.82) is 0 Å². The third-order valence-corrected chi connectivity index (χ3v) is 5.17. The van der Waals surface area contributed by atoms with Crippen molar-refractivity contribution in [2.45, 2.75) is 58.0 Å². The summed E-state index contributed by atoms with van der Waals surface area (Å²) < 4.78 is 1.86. The smallest absolute Gasteiger partial charge is 0.254 e. The van der Waals surface area contributed by atoms with Crippen LogP contribution in [0, 0.1) is 0 Å². The summed E-state index contributed by atoms with van der Waals surface area (Å²) in [6.45, 7) is 3.33. The SMILES string of the molecule is CCN(C(=O)c1cccc(NC(=O)CCn2ccnc2)c1)C1CCCCC1. The molecule has 1 saturated carbocycles. The van der Waals surface area contributed by atoms with Crippen LogP contribution < -0.4 is 5.32 Å². The van der Waals surface area contributed by atoms with Crippen molar-refractivity contribution in [1.82, 2.24) is 14.5 Å². The molecule has 6 heteroatoms. The third kappa shape index (κ3) is 5.18. The fourth-order valence-corrected chi connectivity index (χ4v) is 3.73. The zero-order valence-electron chi connectivity index (χ0n) is 15.9. The van der Waals surface area contributed by atoms with E-state index in [9.17, 15) is 9.59 Å². The lowest BCUT2D eigenvalue weighted by Gasteiger charge is -2.33. The van der Waals surface area contributed by atoms with Gasteiger partial charge in [0.2, 0.25) is 5.91 Å². The molecular formula is C21H28N4O2. The number of hydrogen-bond donors (Lipinski definition) is 1. The molecule has 0 unspecified atom stereocenters. The van der Waals surface area contributed by atoms with Crippen molar-refractivity contribution in [3.05, 3.63) is 48.5 Å². The van der Waals surface area contributed by atoms with Gasteiger partial charge in [-0.25, -0.2) is 4.98 Å². The Labute approximate surface area is 160 Å². The van der Waals surface area contributed by atoms with E-state index in [1.165, 1.54) is 19.3 Å². The first-order valence-corrected chi connectivity index (χ1v) is 9.84. The van der Waals surface area contributed by atoms with Gasteiger partial charge >= 0.3 is 0 Å². The van der Waals surface area contributed by atoms with Gasteiger partial charge in [0.25, 0.3) is 5.91 Å². The van der Waals surface area contributed by atoms with Crippen LogP contribution in [-0.2, 0) is 11.3 Å². The monoisotopic (exact) mass is 368 g/mol. The largest absolute Gasteiger partial charge is 0.337 e. The van der Waals surface area contributed by atoms with Gasteiger partial charge in [-0.2, -0.15) is 0 Å². The topological polar surface area (TPSA) is 67.2 Å². The van der Waals surface area contributed by atoms with Gasteiger partial charge in [0, 0.05) is 49.2 Å². The summed E-state index contributed by atoms with van der Waals surface area (Å²) in [5.41, 5.74) is 1.30. The van der Waals surface area contributed by atoms with Crippen LogP contribution >= 0.6 is 0 Å². The van der Waals surface area contributed by atoms with E-state index in [1.807, 2.05) is 40.8 Å². The number of carbonyl (C=O) groups is 2. The number of amides is 2. The van der Waals surface area contributed by atoms with Crippen molar-refractivity contribution >= 4 is 17.5 Å². The minimum atomic E-state index is -0.0760. The van der Waals surface area contributed by atoms with E-state index in [-0.39, 0.29) is 11.8 Å². The molecule has 0 radical (unpaired) electrons. The Bertz CT molecular complexity index is 751. The number of aromatic nitrogens is 2. The van der Waals surface area contributed by atoms with Crippen molar-refractivity contribution in [2.75, 3.05) is 11.9 Å². The van der Waals surface area contributed by atoms with Crippen molar-refractivity contribution in [2.24, 2.45) is 0 Å². The Hall–Kier alpha value is -2.63. The van der Waals surface area contributed by atoms with E-state index in [1.54, 1.807) is 18.6 Å². The molecule has 3 rings (SSSR count). The maximum Gasteiger partial charge on any atom is 0.254 e. The summed E-state index contributed by atoms with van der Waals surface area (Å²) in [7, 11) is 0. The fourth-order valence-electron chi connectivity index (χ4n) is 3.73. The Morgan fingerprint density at radius 2 is 2.07 bits per heavy atom. The molecule has 2 amide bonds. The second-order valence-electron chi connectivity index (χ2n) is 7.06. The van der Waals surface area contributed by atoms with E-state index >= 15 is 0 Å². The normalized spacial score (nSPS) is 14.7.